The fourth-order valence-corrected chi connectivity index (χ4v) is 2.30. The lowest BCUT2D eigenvalue weighted by molar-refractivity contribution is -0.380. The Balaban J connectivity index is 0. The lowest BCUT2D eigenvalue weighted by atomic mass is 10.1. The van der Waals surface area contributed by atoms with Crippen molar-refractivity contribution in [2.45, 2.75) is 92.0 Å². The van der Waals surface area contributed by atoms with E-state index in [-0.39, 0.29) is 0 Å². The van der Waals surface area contributed by atoms with Gasteiger partial charge in [0.25, 0.3) is 5.97 Å². The van der Waals surface area contributed by atoms with Crippen LogP contribution in [-0.4, -0.2) is 25.8 Å². The van der Waals surface area contributed by atoms with Crippen molar-refractivity contribution in [2.24, 2.45) is 0 Å². The van der Waals surface area contributed by atoms with Crippen molar-refractivity contribution in [1.82, 2.24) is 0 Å². The maximum Gasteiger partial charge on any atom is 0.282 e. The molecule has 22 heavy (non-hydrogen) atoms. The van der Waals surface area contributed by atoms with Crippen LogP contribution in [0.25, 0.3) is 0 Å². The summed E-state index contributed by atoms with van der Waals surface area (Å²) in [5, 5.41) is 0. The molecule has 0 aliphatic heterocycles. The standard InChI is InChI=1S/C16H34O3.C3H6/c1-5-9-10-11-12-13-14-15-16(17-6-2,18-7-3)19-8-4;1-3-2/h5-15H2,1-4H3;3H,1H2,2H3. The van der Waals surface area contributed by atoms with Gasteiger partial charge in [0.2, 0.25) is 0 Å². The van der Waals surface area contributed by atoms with E-state index in [4.69, 9.17) is 14.2 Å². The van der Waals surface area contributed by atoms with Crippen LogP contribution in [0.3, 0.4) is 0 Å². The van der Waals surface area contributed by atoms with Gasteiger partial charge in [0, 0.05) is 26.2 Å². The van der Waals surface area contributed by atoms with Crippen molar-refractivity contribution in [2.75, 3.05) is 19.8 Å². The van der Waals surface area contributed by atoms with Crippen LogP contribution in [0.1, 0.15) is 86.0 Å². The molecule has 0 saturated carbocycles. The summed E-state index contributed by atoms with van der Waals surface area (Å²) in [4.78, 5) is 0. The highest BCUT2D eigenvalue weighted by Crippen LogP contribution is 2.24. The van der Waals surface area contributed by atoms with Crippen LogP contribution in [-0.2, 0) is 14.2 Å². The Hall–Kier alpha value is -0.380. The molecule has 0 aromatic heterocycles. The summed E-state index contributed by atoms with van der Waals surface area (Å²) in [5.74, 6) is -0.804. The minimum absolute atomic E-state index is 0.622. The minimum atomic E-state index is -0.804. The first-order chi connectivity index (χ1) is 10.7. The van der Waals surface area contributed by atoms with Crippen molar-refractivity contribution in [1.29, 1.82) is 0 Å². The Morgan fingerprint density at radius 1 is 0.727 bits per heavy atom. The van der Waals surface area contributed by atoms with Gasteiger partial charge in [-0.2, -0.15) is 0 Å². The molecular weight excluding hydrogens is 276 g/mol. The predicted octanol–water partition coefficient (Wildman–Crippen LogP) is 6.08. The summed E-state index contributed by atoms with van der Waals surface area (Å²) in [5.41, 5.74) is 0. The third-order valence-corrected chi connectivity index (χ3v) is 3.18. The third-order valence-electron chi connectivity index (χ3n) is 3.18. The lowest BCUT2D eigenvalue weighted by Crippen LogP contribution is -2.39. The topological polar surface area (TPSA) is 27.7 Å². The smallest absolute Gasteiger partial charge is 0.282 e. The summed E-state index contributed by atoms with van der Waals surface area (Å²) in [7, 11) is 0. The Labute approximate surface area is 139 Å². The van der Waals surface area contributed by atoms with Crippen LogP contribution < -0.4 is 0 Å². The van der Waals surface area contributed by atoms with Crippen LogP contribution in [0.15, 0.2) is 12.7 Å². The zero-order valence-corrected chi connectivity index (χ0v) is 15.8. The molecule has 0 N–H and O–H groups in total. The van der Waals surface area contributed by atoms with Crippen LogP contribution in [0, 0.1) is 0 Å². The second-order valence-corrected chi connectivity index (χ2v) is 5.26. The van der Waals surface area contributed by atoms with Crippen molar-refractivity contribution >= 4 is 0 Å². The molecule has 0 radical (unpaired) electrons. The second-order valence-electron chi connectivity index (χ2n) is 5.26. The van der Waals surface area contributed by atoms with Gasteiger partial charge in [-0.05, 0) is 34.1 Å². The van der Waals surface area contributed by atoms with E-state index in [0.717, 1.165) is 12.8 Å². The van der Waals surface area contributed by atoms with E-state index in [9.17, 15) is 0 Å². The summed E-state index contributed by atoms with van der Waals surface area (Å²) >= 11 is 0. The number of hydrogen-bond acceptors (Lipinski definition) is 3. The maximum absolute atomic E-state index is 5.71. The van der Waals surface area contributed by atoms with E-state index in [0.29, 0.717) is 19.8 Å². The molecule has 134 valence electrons. The highest BCUT2D eigenvalue weighted by Gasteiger charge is 2.31. The van der Waals surface area contributed by atoms with Gasteiger partial charge < -0.3 is 14.2 Å². The number of ether oxygens (including phenoxy) is 3. The van der Waals surface area contributed by atoms with Gasteiger partial charge in [0.1, 0.15) is 0 Å². The number of rotatable bonds is 14. The molecule has 0 atom stereocenters. The quantitative estimate of drug-likeness (QED) is 0.221. The molecule has 0 bridgehead atoms. The first kappa shape index (κ1) is 23.9. The van der Waals surface area contributed by atoms with Gasteiger partial charge in [0.05, 0.1) is 0 Å². The van der Waals surface area contributed by atoms with E-state index < -0.39 is 5.97 Å². The molecule has 0 saturated heterocycles. The molecule has 3 heteroatoms. The molecular formula is C19H40O3. The molecule has 0 aliphatic carbocycles. The van der Waals surface area contributed by atoms with Crippen LogP contribution >= 0.6 is 0 Å². The van der Waals surface area contributed by atoms with Crippen LogP contribution in [0.5, 0.6) is 0 Å². The minimum Gasteiger partial charge on any atom is -0.328 e. The zero-order chi connectivity index (χ0) is 17.1. The molecule has 0 fully saturated rings. The monoisotopic (exact) mass is 316 g/mol. The first-order valence-corrected chi connectivity index (χ1v) is 9.15. The Morgan fingerprint density at radius 2 is 1.09 bits per heavy atom. The fourth-order valence-electron chi connectivity index (χ4n) is 2.30. The molecule has 0 unspecified atom stereocenters. The van der Waals surface area contributed by atoms with Crippen molar-refractivity contribution < 1.29 is 14.2 Å². The molecule has 0 spiro atoms. The van der Waals surface area contributed by atoms with Crippen LogP contribution in [0.4, 0.5) is 0 Å². The summed E-state index contributed by atoms with van der Waals surface area (Å²) in [6.07, 6.45) is 11.6. The van der Waals surface area contributed by atoms with Crippen LogP contribution in [0.2, 0.25) is 0 Å². The molecule has 0 aliphatic rings. The summed E-state index contributed by atoms with van der Waals surface area (Å²) in [6, 6.07) is 0. The Bertz CT molecular complexity index is 200. The van der Waals surface area contributed by atoms with Gasteiger partial charge in [-0.15, -0.1) is 6.58 Å². The molecule has 0 aromatic carbocycles. The zero-order valence-electron chi connectivity index (χ0n) is 15.8. The van der Waals surface area contributed by atoms with Gasteiger partial charge in [-0.1, -0.05) is 51.5 Å². The Morgan fingerprint density at radius 3 is 1.45 bits per heavy atom. The fraction of sp³-hybridized carbons (Fsp3) is 0.895. The lowest BCUT2D eigenvalue weighted by Gasteiger charge is -2.32. The average Bonchev–Trinajstić information content (AvgIpc) is 2.48. The average molecular weight is 317 g/mol. The highest BCUT2D eigenvalue weighted by molar-refractivity contribution is 4.59. The Kier molecular flexibility index (Phi) is 20.3. The van der Waals surface area contributed by atoms with E-state index >= 15 is 0 Å². The van der Waals surface area contributed by atoms with Crippen molar-refractivity contribution in [3.8, 4) is 0 Å². The number of hydrogen-bond donors (Lipinski definition) is 0. The van der Waals surface area contributed by atoms with Crippen molar-refractivity contribution in [3.63, 3.8) is 0 Å². The van der Waals surface area contributed by atoms with E-state index in [1.54, 1.807) is 6.08 Å². The molecule has 0 amide bonds. The third kappa shape index (κ3) is 14.6. The highest BCUT2D eigenvalue weighted by atomic mass is 16.9. The largest absolute Gasteiger partial charge is 0.328 e. The van der Waals surface area contributed by atoms with Crippen molar-refractivity contribution in [3.05, 3.63) is 12.7 Å². The van der Waals surface area contributed by atoms with E-state index in [1.807, 2.05) is 27.7 Å². The van der Waals surface area contributed by atoms with E-state index in [1.165, 1.54) is 38.5 Å². The van der Waals surface area contributed by atoms with Gasteiger partial charge in [-0.3, -0.25) is 0 Å². The summed E-state index contributed by atoms with van der Waals surface area (Å²) < 4.78 is 17.1. The normalized spacial score (nSPS) is 11.0. The molecule has 3 nitrogen and oxygen atoms in total. The van der Waals surface area contributed by atoms with Gasteiger partial charge in [0.15, 0.2) is 0 Å². The first-order valence-electron chi connectivity index (χ1n) is 9.15. The molecule has 0 aromatic rings. The maximum atomic E-state index is 5.71. The van der Waals surface area contributed by atoms with Gasteiger partial charge in [-0.25, -0.2) is 0 Å². The number of allylic oxidation sites excluding steroid dienone is 1. The second kappa shape index (κ2) is 18.7. The SMILES string of the molecule is C=CC.CCCCCCCCCC(OCC)(OCC)OCC. The molecule has 0 heterocycles. The van der Waals surface area contributed by atoms with E-state index in [2.05, 4.69) is 13.5 Å². The number of unbranched alkanes of at least 4 members (excludes halogenated alkanes) is 6. The predicted molar refractivity (Wildman–Crippen MR) is 96.1 cm³/mol. The van der Waals surface area contributed by atoms with Gasteiger partial charge >= 0.3 is 0 Å². The summed E-state index contributed by atoms with van der Waals surface area (Å²) in [6.45, 7) is 15.3. The molecule has 0 rings (SSSR count).